The smallest absolute Gasteiger partial charge is 0.213 e. The van der Waals surface area contributed by atoms with Crippen LogP contribution < -0.4 is 5.43 Å². The molecule has 1 N–H and O–H groups in total. The van der Waals surface area contributed by atoms with Crippen LogP contribution in [0.15, 0.2) is 96.1 Å². The van der Waals surface area contributed by atoms with Crippen LogP contribution in [0.3, 0.4) is 0 Å². The van der Waals surface area contributed by atoms with Gasteiger partial charge in [-0.25, -0.2) is 4.98 Å². The van der Waals surface area contributed by atoms with Crippen molar-refractivity contribution >= 4 is 28.2 Å². The van der Waals surface area contributed by atoms with Crippen molar-refractivity contribution in [2.45, 2.75) is 6.92 Å². The molecule has 4 nitrogen and oxygen atoms in total. The summed E-state index contributed by atoms with van der Waals surface area (Å²) in [6.45, 7) is 2.03. The number of pyridine rings is 1. The maximum atomic E-state index is 13.1. The van der Waals surface area contributed by atoms with Gasteiger partial charge in [-0.1, -0.05) is 78.9 Å². The Labute approximate surface area is 163 Å². The van der Waals surface area contributed by atoms with Crippen LogP contribution in [0.25, 0.3) is 10.9 Å². The molecule has 0 amide bonds. The fourth-order valence-corrected chi connectivity index (χ4v) is 3.09. The molecule has 4 heteroatoms. The number of nitrogens with one attached hydrogen (secondary N) is 1. The number of fused-ring (bicyclic) bond motifs is 1. The lowest BCUT2D eigenvalue weighted by atomic mass is 10.0. The Kier molecular flexibility index (Phi) is 4.93. The minimum Gasteiger partial charge on any atom is -0.287 e. The SMILES string of the molecule is Cc1cc(N/N=C(/C(=O)c2ccccc2)c2ccccc2)nc2ccccc12. The van der Waals surface area contributed by atoms with E-state index in [2.05, 4.69) is 15.5 Å². The number of Topliss-reactive ketones (excluding diaryl/α,β-unsaturated/α-hetero) is 1. The molecule has 1 aromatic heterocycles. The molecule has 0 bridgehead atoms. The number of hydrazone groups is 1. The summed E-state index contributed by atoms with van der Waals surface area (Å²) < 4.78 is 0. The average Bonchev–Trinajstić information content (AvgIpc) is 2.75. The van der Waals surface area contributed by atoms with E-state index in [1.54, 1.807) is 12.1 Å². The number of hydrogen-bond donors (Lipinski definition) is 1. The number of aryl methyl sites for hydroxylation is 1. The van der Waals surface area contributed by atoms with Crippen LogP contribution in [0.5, 0.6) is 0 Å². The third-order valence-electron chi connectivity index (χ3n) is 4.50. The van der Waals surface area contributed by atoms with Crippen molar-refractivity contribution in [3.8, 4) is 0 Å². The Balaban J connectivity index is 1.73. The Bertz CT molecular complexity index is 1150. The van der Waals surface area contributed by atoms with Gasteiger partial charge in [-0.3, -0.25) is 10.2 Å². The summed E-state index contributed by atoms with van der Waals surface area (Å²) in [5, 5.41) is 5.54. The number of para-hydroxylation sites is 1. The first-order valence-electron chi connectivity index (χ1n) is 9.07. The molecule has 0 fully saturated rings. The number of benzene rings is 3. The van der Waals surface area contributed by atoms with Crippen molar-refractivity contribution in [1.82, 2.24) is 4.98 Å². The lowest BCUT2D eigenvalue weighted by Crippen LogP contribution is -2.17. The molecule has 0 aliphatic rings. The summed E-state index contributed by atoms with van der Waals surface area (Å²) in [4.78, 5) is 17.7. The number of anilines is 1. The van der Waals surface area contributed by atoms with E-state index in [4.69, 9.17) is 0 Å². The van der Waals surface area contributed by atoms with Crippen LogP contribution >= 0.6 is 0 Å². The number of hydrogen-bond acceptors (Lipinski definition) is 4. The van der Waals surface area contributed by atoms with E-state index in [-0.39, 0.29) is 5.78 Å². The predicted molar refractivity (Wildman–Crippen MR) is 114 cm³/mol. The monoisotopic (exact) mass is 365 g/mol. The predicted octanol–water partition coefficient (Wildman–Crippen LogP) is 5.24. The molecule has 4 rings (SSSR count). The van der Waals surface area contributed by atoms with Crippen LogP contribution in [-0.2, 0) is 0 Å². The van der Waals surface area contributed by atoms with Gasteiger partial charge in [-0.2, -0.15) is 5.10 Å². The van der Waals surface area contributed by atoms with Gasteiger partial charge in [-0.05, 0) is 24.6 Å². The van der Waals surface area contributed by atoms with E-state index in [1.807, 2.05) is 85.8 Å². The number of rotatable bonds is 5. The fraction of sp³-hybridized carbons (Fsp3) is 0.0417. The number of aromatic nitrogens is 1. The highest BCUT2D eigenvalue weighted by molar-refractivity contribution is 6.51. The van der Waals surface area contributed by atoms with Gasteiger partial charge in [0, 0.05) is 16.5 Å². The van der Waals surface area contributed by atoms with E-state index in [9.17, 15) is 4.79 Å². The lowest BCUT2D eigenvalue weighted by Gasteiger charge is -2.09. The normalized spacial score (nSPS) is 11.4. The molecule has 3 aromatic carbocycles. The van der Waals surface area contributed by atoms with Gasteiger partial charge in [0.2, 0.25) is 5.78 Å². The third-order valence-corrected chi connectivity index (χ3v) is 4.50. The zero-order valence-electron chi connectivity index (χ0n) is 15.5. The standard InChI is InChI=1S/C24H19N3O/c1-17-16-22(25-21-15-9-8-14-20(17)21)26-27-23(18-10-4-2-5-11-18)24(28)19-12-6-3-7-13-19/h2-16H,1H3,(H,25,26)/b27-23+. The number of carbonyl (C=O) groups excluding carboxylic acids is 1. The van der Waals surface area contributed by atoms with Gasteiger partial charge in [0.15, 0.2) is 0 Å². The van der Waals surface area contributed by atoms with Gasteiger partial charge in [0.05, 0.1) is 5.52 Å². The third kappa shape index (κ3) is 3.67. The Morgan fingerprint density at radius 2 is 1.43 bits per heavy atom. The molecule has 0 unspecified atom stereocenters. The van der Waals surface area contributed by atoms with Crippen LogP contribution in [0.4, 0.5) is 5.82 Å². The average molecular weight is 365 g/mol. The van der Waals surface area contributed by atoms with Crippen LogP contribution in [-0.4, -0.2) is 16.5 Å². The van der Waals surface area contributed by atoms with Crippen molar-refractivity contribution < 1.29 is 4.79 Å². The van der Waals surface area contributed by atoms with Gasteiger partial charge >= 0.3 is 0 Å². The Morgan fingerprint density at radius 3 is 2.14 bits per heavy atom. The summed E-state index contributed by atoms with van der Waals surface area (Å²) in [6, 6.07) is 28.5. The van der Waals surface area contributed by atoms with Gasteiger partial charge in [-0.15, -0.1) is 0 Å². The molecular formula is C24H19N3O. The second-order valence-corrected chi connectivity index (χ2v) is 6.47. The number of nitrogens with zero attached hydrogens (tertiary/aromatic N) is 2. The molecule has 0 aliphatic heterocycles. The topological polar surface area (TPSA) is 54.4 Å². The van der Waals surface area contributed by atoms with E-state index in [0.717, 1.165) is 22.0 Å². The molecule has 0 saturated heterocycles. The first kappa shape index (κ1) is 17.6. The fourth-order valence-electron chi connectivity index (χ4n) is 3.09. The van der Waals surface area contributed by atoms with Crippen molar-refractivity contribution in [2.75, 3.05) is 5.43 Å². The highest BCUT2D eigenvalue weighted by Crippen LogP contribution is 2.20. The molecular weight excluding hydrogens is 346 g/mol. The van der Waals surface area contributed by atoms with E-state index in [0.29, 0.717) is 17.1 Å². The first-order valence-corrected chi connectivity index (χ1v) is 9.07. The lowest BCUT2D eigenvalue weighted by molar-refractivity contribution is 0.106. The molecule has 28 heavy (non-hydrogen) atoms. The van der Waals surface area contributed by atoms with E-state index >= 15 is 0 Å². The molecule has 0 spiro atoms. The van der Waals surface area contributed by atoms with Crippen LogP contribution in [0.1, 0.15) is 21.5 Å². The molecule has 0 atom stereocenters. The van der Waals surface area contributed by atoms with Crippen LogP contribution in [0.2, 0.25) is 0 Å². The minimum absolute atomic E-state index is 0.142. The summed E-state index contributed by atoms with van der Waals surface area (Å²) >= 11 is 0. The van der Waals surface area contributed by atoms with Crippen molar-refractivity contribution in [3.63, 3.8) is 0 Å². The summed E-state index contributed by atoms with van der Waals surface area (Å²) in [7, 11) is 0. The van der Waals surface area contributed by atoms with Gasteiger partial charge < -0.3 is 0 Å². The Hall–Kier alpha value is -3.79. The highest BCUT2D eigenvalue weighted by atomic mass is 16.1. The van der Waals surface area contributed by atoms with E-state index < -0.39 is 0 Å². The molecule has 0 saturated carbocycles. The maximum Gasteiger partial charge on any atom is 0.213 e. The largest absolute Gasteiger partial charge is 0.287 e. The van der Waals surface area contributed by atoms with Crippen molar-refractivity contribution in [1.29, 1.82) is 0 Å². The van der Waals surface area contributed by atoms with Crippen molar-refractivity contribution in [2.24, 2.45) is 5.10 Å². The van der Waals surface area contributed by atoms with Gasteiger partial charge in [0.1, 0.15) is 11.5 Å². The number of ketones is 1. The molecule has 1 heterocycles. The van der Waals surface area contributed by atoms with Crippen molar-refractivity contribution in [3.05, 3.63) is 108 Å². The van der Waals surface area contributed by atoms with Crippen LogP contribution in [0, 0.1) is 6.92 Å². The van der Waals surface area contributed by atoms with E-state index in [1.165, 1.54) is 0 Å². The Morgan fingerprint density at radius 1 is 0.821 bits per heavy atom. The first-order chi connectivity index (χ1) is 13.7. The molecule has 0 radical (unpaired) electrons. The second-order valence-electron chi connectivity index (χ2n) is 6.47. The summed E-state index contributed by atoms with van der Waals surface area (Å²) in [5.74, 6) is 0.460. The zero-order chi connectivity index (χ0) is 19.3. The molecule has 0 aliphatic carbocycles. The quantitative estimate of drug-likeness (QED) is 0.299. The molecule has 4 aromatic rings. The zero-order valence-corrected chi connectivity index (χ0v) is 15.5. The number of carbonyl (C=O) groups is 1. The second kappa shape index (κ2) is 7.84. The van der Waals surface area contributed by atoms with Gasteiger partial charge in [0.25, 0.3) is 0 Å². The summed E-state index contributed by atoms with van der Waals surface area (Å²) in [6.07, 6.45) is 0. The highest BCUT2D eigenvalue weighted by Gasteiger charge is 2.16. The minimum atomic E-state index is -0.142. The summed E-state index contributed by atoms with van der Waals surface area (Å²) in [5.41, 5.74) is 6.65. The molecule has 136 valence electrons. The maximum absolute atomic E-state index is 13.1.